The summed E-state index contributed by atoms with van der Waals surface area (Å²) in [5.74, 6) is 1.91. The van der Waals surface area contributed by atoms with E-state index in [4.69, 9.17) is 21.4 Å². The topological polar surface area (TPSA) is 123 Å². The number of nitrogens with zero attached hydrogens (tertiary/aromatic N) is 6. The second kappa shape index (κ2) is 29.6. The van der Waals surface area contributed by atoms with Gasteiger partial charge < -0.3 is 25.0 Å². The van der Waals surface area contributed by atoms with Gasteiger partial charge in [-0.1, -0.05) is 38.6 Å². The zero-order valence-electron chi connectivity index (χ0n) is 31.6. The molecule has 0 amide bonds. The van der Waals surface area contributed by atoms with E-state index >= 15 is 0 Å². The molecular weight excluding hydrogens is 693 g/mol. The predicted octanol–water partition coefficient (Wildman–Crippen LogP) is 6.84. The molecule has 1 aromatic rings. The number of aliphatic carboxylic acids is 1. The first kappa shape index (κ1) is 48.1. The Balaban J connectivity index is 0.000000745. The van der Waals surface area contributed by atoms with Gasteiger partial charge in [0, 0.05) is 62.4 Å². The van der Waals surface area contributed by atoms with Gasteiger partial charge in [-0.05, 0) is 90.7 Å². The van der Waals surface area contributed by atoms with Crippen molar-refractivity contribution in [3.63, 3.8) is 0 Å². The van der Waals surface area contributed by atoms with Gasteiger partial charge in [0.15, 0.2) is 6.29 Å². The molecule has 3 heterocycles. The van der Waals surface area contributed by atoms with Gasteiger partial charge in [0.25, 0.3) is 0 Å². The van der Waals surface area contributed by atoms with Gasteiger partial charge in [-0.2, -0.15) is 0 Å². The summed E-state index contributed by atoms with van der Waals surface area (Å²) < 4.78 is 18.4. The lowest BCUT2D eigenvalue weighted by molar-refractivity contribution is -0.137. The predicted molar refractivity (Wildman–Crippen MR) is 213 cm³/mol. The molecule has 0 saturated carbocycles. The standard InChI is InChI=1S/C14H20N4O3.C12H15ClFNO.C9H20N2S.C2H6/c19-11-12-9-16-13(10-15-12)18-6-2-5-17(7-8-18)4-1-3-14(20)21;1-8(10(3)15-4)6-11(14)7-12(16-5)9(2)13;1-9-4-3-5-11(9)6-7-12-8-10-2;1-2/h9-11H,1-8H2,(H,20,21);6-7,12H,2-4H2,1,5H3;9-10H,3-8H2,1-2H3;1-2H3/b;8-6+,11-7?;;. The Morgan fingerprint density at radius 2 is 1.92 bits per heavy atom. The van der Waals surface area contributed by atoms with Crippen LogP contribution in [0.2, 0.25) is 0 Å². The minimum absolute atomic E-state index is 0.212. The third-order valence-corrected chi connectivity index (χ3v) is 9.07. The molecule has 0 bridgehead atoms. The van der Waals surface area contributed by atoms with Crippen LogP contribution in [0.25, 0.3) is 0 Å². The molecule has 2 atom stereocenters. The van der Waals surface area contributed by atoms with Gasteiger partial charge in [-0.25, -0.2) is 14.4 Å². The number of hydrogen-bond acceptors (Lipinski definition) is 11. The Hall–Kier alpha value is -2.94. The molecule has 288 valence electrons. The molecule has 3 rings (SSSR count). The van der Waals surface area contributed by atoms with E-state index in [0.29, 0.717) is 29.7 Å². The lowest BCUT2D eigenvalue weighted by Gasteiger charge is -2.22. The number of aldehydes is 1. The maximum atomic E-state index is 13.4. The van der Waals surface area contributed by atoms with Gasteiger partial charge in [-0.3, -0.25) is 19.5 Å². The summed E-state index contributed by atoms with van der Waals surface area (Å²) in [6.45, 7) is 25.4. The number of carboxylic acid groups (broad SMARTS) is 1. The first-order chi connectivity index (χ1) is 24.4. The van der Waals surface area contributed by atoms with Gasteiger partial charge in [0.2, 0.25) is 0 Å². The van der Waals surface area contributed by atoms with Crippen molar-refractivity contribution in [3.8, 4) is 0 Å². The SMILES string of the molecule is C=NC(=C)/C(C)=C/C(F)=CC(OC)C(=C)Cl.CC.CNCSCCN1CCCC1C.O=Cc1cnc(N2CCCN(CCCC(=O)O)CC2)cn1. The van der Waals surface area contributed by atoms with E-state index < -0.39 is 17.9 Å². The number of methoxy groups -OCH3 is 1. The highest BCUT2D eigenvalue weighted by Gasteiger charge is 2.19. The van der Waals surface area contributed by atoms with Crippen molar-refractivity contribution >= 4 is 48.2 Å². The van der Waals surface area contributed by atoms with Crippen LogP contribution in [0, 0.1) is 0 Å². The molecule has 2 saturated heterocycles. The van der Waals surface area contributed by atoms with Gasteiger partial charge in [-0.15, -0.1) is 11.8 Å². The molecular formula is C37H61ClFN7O4S. The first-order valence-electron chi connectivity index (χ1n) is 17.5. The summed E-state index contributed by atoms with van der Waals surface area (Å²) in [7, 11) is 3.42. The maximum absolute atomic E-state index is 13.4. The minimum atomic E-state index is -0.739. The number of aliphatic imine (C=N–C) groups is 1. The van der Waals surface area contributed by atoms with Crippen LogP contribution in [-0.4, -0.2) is 128 Å². The molecule has 2 unspecified atom stereocenters. The Bertz CT molecular complexity index is 1240. The minimum Gasteiger partial charge on any atom is -0.481 e. The lowest BCUT2D eigenvalue weighted by Crippen LogP contribution is -2.32. The fourth-order valence-electron chi connectivity index (χ4n) is 5.01. The number of rotatable bonds is 17. The number of carbonyl (C=O) groups excluding carboxylic acids is 1. The average Bonchev–Trinajstić information content (AvgIpc) is 3.39. The molecule has 0 aliphatic carbocycles. The third-order valence-electron chi connectivity index (χ3n) is 7.89. The van der Waals surface area contributed by atoms with E-state index in [-0.39, 0.29) is 11.5 Å². The van der Waals surface area contributed by atoms with Crippen LogP contribution in [0.3, 0.4) is 0 Å². The van der Waals surface area contributed by atoms with Crippen molar-refractivity contribution in [2.75, 3.05) is 76.5 Å². The monoisotopic (exact) mass is 753 g/mol. The van der Waals surface area contributed by atoms with Crippen LogP contribution in [0.1, 0.15) is 70.3 Å². The van der Waals surface area contributed by atoms with Crippen molar-refractivity contribution < 1.29 is 23.8 Å². The van der Waals surface area contributed by atoms with E-state index in [1.54, 1.807) is 13.1 Å². The molecule has 14 heteroatoms. The Morgan fingerprint density at radius 3 is 2.45 bits per heavy atom. The van der Waals surface area contributed by atoms with E-state index in [1.165, 1.54) is 57.1 Å². The normalized spacial score (nSPS) is 17.3. The lowest BCUT2D eigenvalue weighted by atomic mass is 10.2. The summed E-state index contributed by atoms with van der Waals surface area (Å²) in [6.07, 6.45) is 10.3. The molecule has 0 spiro atoms. The highest BCUT2D eigenvalue weighted by molar-refractivity contribution is 7.99. The number of nitrogens with one attached hydrogen (secondary N) is 1. The van der Waals surface area contributed by atoms with Crippen molar-refractivity contribution in [2.45, 2.75) is 71.9 Å². The summed E-state index contributed by atoms with van der Waals surface area (Å²) in [5, 5.41) is 12.0. The molecule has 2 N–H and O–H groups in total. The van der Waals surface area contributed by atoms with E-state index in [1.807, 2.05) is 32.7 Å². The van der Waals surface area contributed by atoms with Crippen LogP contribution in [0.4, 0.5) is 10.2 Å². The largest absolute Gasteiger partial charge is 0.481 e. The number of carbonyl (C=O) groups is 2. The van der Waals surface area contributed by atoms with Crippen LogP contribution < -0.4 is 10.2 Å². The molecule has 1 aromatic heterocycles. The Kier molecular flexibility index (Phi) is 27.9. The van der Waals surface area contributed by atoms with Gasteiger partial charge >= 0.3 is 5.97 Å². The number of hydrogen-bond donors (Lipinski definition) is 2. The quantitative estimate of drug-likeness (QED) is 0.0572. The van der Waals surface area contributed by atoms with Gasteiger partial charge in [0.1, 0.15) is 23.4 Å². The molecule has 2 aliphatic heterocycles. The summed E-state index contributed by atoms with van der Waals surface area (Å²) >= 11 is 7.61. The molecule has 0 aromatic carbocycles. The average molecular weight is 754 g/mol. The second-order valence-electron chi connectivity index (χ2n) is 11.6. The number of carboxylic acids is 1. The number of thioether (sulfide) groups is 1. The third kappa shape index (κ3) is 21.9. The molecule has 0 radical (unpaired) electrons. The van der Waals surface area contributed by atoms with Crippen molar-refractivity contribution in [1.29, 1.82) is 0 Å². The highest BCUT2D eigenvalue weighted by atomic mass is 35.5. The first-order valence-corrected chi connectivity index (χ1v) is 19.0. The van der Waals surface area contributed by atoms with Crippen molar-refractivity contribution in [3.05, 3.63) is 65.5 Å². The number of likely N-dealkylation sites (tertiary alicyclic amines) is 1. The number of aromatic nitrogens is 2. The number of allylic oxidation sites excluding steroid dienone is 3. The zero-order chi connectivity index (χ0) is 38.6. The van der Waals surface area contributed by atoms with E-state index in [2.05, 4.69) is 61.8 Å². The highest BCUT2D eigenvalue weighted by Crippen LogP contribution is 2.18. The van der Waals surface area contributed by atoms with Crippen LogP contribution >= 0.6 is 23.4 Å². The van der Waals surface area contributed by atoms with Crippen molar-refractivity contribution in [1.82, 2.24) is 25.1 Å². The fraction of sp³-hybridized carbons (Fsp3) is 0.595. The number of anilines is 1. The fourth-order valence-corrected chi connectivity index (χ4v) is 5.87. The number of halogens is 2. The summed E-state index contributed by atoms with van der Waals surface area (Å²) in [6, 6.07) is 0.834. The molecule has 11 nitrogen and oxygen atoms in total. The molecule has 2 aliphatic rings. The Morgan fingerprint density at radius 1 is 1.20 bits per heavy atom. The van der Waals surface area contributed by atoms with Crippen molar-refractivity contribution in [2.24, 2.45) is 4.99 Å². The van der Waals surface area contributed by atoms with E-state index in [0.717, 1.165) is 56.9 Å². The summed E-state index contributed by atoms with van der Waals surface area (Å²) in [5.41, 5.74) is 1.34. The smallest absolute Gasteiger partial charge is 0.303 e. The van der Waals surface area contributed by atoms with Crippen LogP contribution in [0.15, 0.2) is 64.8 Å². The summed E-state index contributed by atoms with van der Waals surface area (Å²) in [4.78, 5) is 40.0. The molecule has 51 heavy (non-hydrogen) atoms. The molecule has 2 fully saturated rings. The zero-order valence-corrected chi connectivity index (χ0v) is 33.2. The Labute approximate surface area is 315 Å². The second-order valence-corrected chi connectivity index (χ2v) is 13.2. The van der Waals surface area contributed by atoms with Crippen LogP contribution in [-0.2, 0) is 9.53 Å². The van der Waals surface area contributed by atoms with Crippen LogP contribution in [0.5, 0.6) is 0 Å². The van der Waals surface area contributed by atoms with E-state index in [9.17, 15) is 14.0 Å². The number of ether oxygens (including phenoxy) is 1. The van der Waals surface area contributed by atoms with Gasteiger partial charge in [0.05, 0.1) is 18.1 Å². The maximum Gasteiger partial charge on any atom is 0.303 e.